The fraction of sp³-hybridized carbons (Fsp3) is 0.286. The molecule has 1 aromatic heterocycles. The van der Waals surface area contributed by atoms with Gasteiger partial charge in [0.15, 0.2) is 11.5 Å². The van der Waals surface area contributed by atoms with Gasteiger partial charge in [0.1, 0.15) is 11.5 Å². The molecular formula is C28H29NO7S. The van der Waals surface area contributed by atoms with Crippen molar-refractivity contribution in [3.8, 4) is 23.0 Å². The van der Waals surface area contributed by atoms with Crippen LogP contribution in [0.4, 0.5) is 0 Å². The number of carbonyl (C=O) groups is 2. The Bertz CT molecular complexity index is 1290. The van der Waals surface area contributed by atoms with Gasteiger partial charge in [-0.25, -0.2) is 0 Å². The van der Waals surface area contributed by atoms with E-state index in [1.165, 1.54) is 37.6 Å². The summed E-state index contributed by atoms with van der Waals surface area (Å²) in [6, 6.07) is 13.0. The molecule has 1 saturated heterocycles. The first-order valence-electron chi connectivity index (χ1n) is 11.7. The summed E-state index contributed by atoms with van der Waals surface area (Å²) in [5, 5.41) is 13.3. The van der Waals surface area contributed by atoms with Crippen molar-refractivity contribution >= 4 is 28.8 Å². The van der Waals surface area contributed by atoms with E-state index < -0.39 is 17.7 Å². The highest BCUT2D eigenvalue weighted by atomic mass is 32.1. The molecule has 194 valence electrons. The van der Waals surface area contributed by atoms with Gasteiger partial charge in [-0.1, -0.05) is 6.07 Å². The Morgan fingerprint density at radius 2 is 1.65 bits per heavy atom. The SMILES string of the molecule is COc1cc(C2/C(=C(\O)c3ccc(OC(C)C)cc3)C(=O)C(=O)N2Cc2cccs2)cc(OC)c1OC. The van der Waals surface area contributed by atoms with Gasteiger partial charge in [0, 0.05) is 10.4 Å². The number of ketones is 1. The third-order valence-corrected chi connectivity index (χ3v) is 6.81. The molecule has 3 aromatic rings. The van der Waals surface area contributed by atoms with Crippen LogP contribution in [0.5, 0.6) is 23.0 Å². The summed E-state index contributed by atoms with van der Waals surface area (Å²) < 4.78 is 22.2. The monoisotopic (exact) mass is 523 g/mol. The highest BCUT2D eigenvalue weighted by molar-refractivity contribution is 7.09. The second-order valence-corrected chi connectivity index (χ2v) is 9.69. The zero-order valence-corrected chi connectivity index (χ0v) is 22.1. The van der Waals surface area contributed by atoms with Crippen LogP contribution < -0.4 is 18.9 Å². The van der Waals surface area contributed by atoms with Crippen molar-refractivity contribution in [2.45, 2.75) is 32.5 Å². The van der Waals surface area contributed by atoms with Crippen molar-refractivity contribution < 1.29 is 33.6 Å². The van der Waals surface area contributed by atoms with E-state index in [0.29, 0.717) is 34.1 Å². The second kappa shape index (κ2) is 11.0. The number of amides is 1. The molecule has 37 heavy (non-hydrogen) atoms. The predicted octanol–water partition coefficient (Wildman–Crippen LogP) is 5.18. The van der Waals surface area contributed by atoms with Gasteiger partial charge in [-0.05, 0) is 67.3 Å². The molecule has 9 heteroatoms. The van der Waals surface area contributed by atoms with Gasteiger partial charge in [0.25, 0.3) is 11.7 Å². The first-order chi connectivity index (χ1) is 17.8. The van der Waals surface area contributed by atoms with Crippen LogP contribution >= 0.6 is 11.3 Å². The number of ether oxygens (including phenoxy) is 4. The third-order valence-electron chi connectivity index (χ3n) is 5.95. The van der Waals surface area contributed by atoms with Gasteiger partial charge in [-0.3, -0.25) is 9.59 Å². The van der Waals surface area contributed by atoms with Crippen LogP contribution in [0, 0.1) is 0 Å². The van der Waals surface area contributed by atoms with Crippen LogP contribution in [0.2, 0.25) is 0 Å². The van der Waals surface area contributed by atoms with Gasteiger partial charge < -0.3 is 29.0 Å². The number of methoxy groups -OCH3 is 3. The van der Waals surface area contributed by atoms with E-state index in [1.54, 1.807) is 36.4 Å². The number of hydrogen-bond donors (Lipinski definition) is 1. The quantitative estimate of drug-likeness (QED) is 0.235. The minimum Gasteiger partial charge on any atom is -0.507 e. The highest BCUT2D eigenvalue weighted by Crippen LogP contribution is 2.46. The molecule has 0 bridgehead atoms. The average molecular weight is 524 g/mol. The molecule has 4 rings (SSSR count). The van der Waals surface area contributed by atoms with Crippen LogP contribution in [0.1, 0.15) is 35.9 Å². The molecule has 0 aliphatic carbocycles. The summed E-state index contributed by atoms with van der Waals surface area (Å²) in [6.07, 6.45) is -0.0120. The standard InChI is InChI=1S/C28H29NO7S/c1-16(2)36-19-10-8-17(9-11-19)25(30)23-24(18-13-21(33-3)27(35-5)22(14-18)34-4)29(28(32)26(23)31)15-20-7-6-12-37-20/h6-14,16,24,30H,15H2,1-5H3/b25-23+. The molecular weight excluding hydrogens is 494 g/mol. The largest absolute Gasteiger partial charge is 0.507 e. The molecule has 1 N–H and O–H groups in total. The maximum absolute atomic E-state index is 13.4. The second-order valence-electron chi connectivity index (χ2n) is 8.66. The Hall–Kier alpha value is -3.98. The maximum atomic E-state index is 13.4. The molecule has 2 aromatic carbocycles. The molecule has 0 radical (unpaired) electrons. The highest BCUT2D eigenvalue weighted by Gasteiger charge is 2.46. The summed E-state index contributed by atoms with van der Waals surface area (Å²) in [5.41, 5.74) is 0.905. The lowest BCUT2D eigenvalue weighted by atomic mass is 9.94. The van der Waals surface area contributed by atoms with Crippen molar-refractivity contribution in [2.75, 3.05) is 21.3 Å². The number of benzene rings is 2. The Labute approximate surface area is 219 Å². The van der Waals surface area contributed by atoms with Gasteiger partial charge in [-0.2, -0.15) is 0 Å². The first-order valence-corrected chi connectivity index (χ1v) is 12.5. The van der Waals surface area contributed by atoms with Crippen molar-refractivity contribution in [3.63, 3.8) is 0 Å². The lowest BCUT2D eigenvalue weighted by Gasteiger charge is -2.26. The van der Waals surface area contributed by atoms with Crippen molar-refractivity contribution in [3.05, 3.63) is 75.5 Å². The van der Waals surface area contributed by atoms with E-state index in [1.807, 2.05) is 31.4 Å². The Morgan fingerprint density at radius 3 is 2.16 bits per heavy atom. The molecule has 0 saturated carbocycles. The number of hydrogen-bond acceptors (Lipinski definition) is 8. The molecule has 1 unspecified atom stereocenters. The van der Waals surface area contributed by atoms with Crippen molar-refractivity contribution in [2.24, 2.45) is 0 Å². The average Bonchev–Trinajstić information content (AvgIpc) is 3.49. The number of carbonyl (C=O) groups excluding carboxylic acids is 2. The van der Waals surface area contributed by atoms with E-state index in [0.717, 1.165) is 4.88 Å². The van der Waals surface area contributed by atoms with Crippen LogP contribution in [-0.4, -0.2) is 49.1 Å². The molecule has 1 atom stereocenters. The number of likely N-dealkylation sites (tertiary alicyclic amines) is 1. The summed E-state index contributed by atoms with van der Waals surface area (Å²) in [4.78, 5) is 29.0. The Morgan fingerprint density at radius 1 is 1.00 bits per heavy atom. The van der Waals surface area contributed by atoms with Gasteiger partial charge in [-0.15, -0.1) is 11.3 Å². The summed E-state index contributed by atoms with van der Waals surface area (Å²) in [7, 11) is 4.48. The van der Waals surface area contributed by atoms with Crippen LogP contribution in [0.25, 0.3) is 5.76 Å². The first kappa shape index (κ1) is 26.1. The fourth-order valence-corrected chi connectivity index (χ4v) is 5.04. The summed E-state index contributed by atoms with van der Waals surface area (Å²) >= 11 is 1.48. The Kier molecular flexibility index (Phi) is 7.73. The molecule has 1 fully saturated rings. The topological polar surface area (TPSA) is 94.5 Å². The zero-order chi connectivity index (χ0) is 26.7. The van der Waals surface area contributed by atoms with Gasteiger partial charge in [0.05, 0.1) is 45.6 Å². The molecule has 1 aliphatic rings. The van der Waals surface area contributed by atoms with E-state index in [2.05, 4.69) is 0 Å². The van der Waals surface area contributed by atoms with Crippen molar-refractivity contribution in [1.82, 2.24) is 4.90 Å². The van der Waals surface area contributed by atoms with Crippen molar-refractivity contribution in [1.29, 1.82) is 0 Å². The van der Waals surface area contributed by atoms with Gasteiger partial charge >= 0.3 is 0 Å². The summed E-state index contributed by atoms with van der Waals surface area (Å²) in [6.45, 7) is 4.03. The number of Topliss-reactive ketones (excluding diaryl/α,β-unsaturated/α-hetero) is 1. The molecule has 1 aliphatic heterocycles. The van der Waals surface area contributed by atoms with E-state index >= 15 is 0 Å². The third kappa shape index (κ3) is 5.13. The minimum absolute atomic E-state index is 0.0120. The summed E-state index contributed by atoms with van der Waals surface area (Å²) in [5.74, 6) is 0.00345. The minimum atomic E-state index is -0.887. The predicted molar refractivity (Wildman–Crippen MR) is 140 cm³/mol. The number of thiophene rings is 1. The van der Waals surface area contributed by atoms with E-state index in [-0.39, 0.29) is 24.0 Å². The number of aliphatic hydroxyl groups excluding tert-OH is 1. The number of nitrogens with zero attached hydrogens (tertiary/aromatic N) is 1. The van der Waals surface area contributed by atoms with E-state index in [9.17, 15) is 14.7 Å². The Balaban J connectivity index is 1.88. The molecule has 8 nitrogen and oxygen atoms in total. The number of rotatable bonds is 9. The lowest BCUT2D eigenvalue weighted by Crippen LogP contribution is -2.29. The maximum Gasteiger partial charge on any atom is 0.295 e. The molecule has 0 spiro atoms. The lowest BCUT2D eigenvalue weighted by molar-refractivity contribution is -0.140. The fourth-order valence-electron chi connectivity index (χ4n) is 4.34. The number of aliphatic hydroxyl groups is 1. The molecule has 1 amide bonds. The normalized spacial score (nSPS) is 16.8. The smallest absolute Gasteiger partial charge is 0.295 e. The zero-order valence-electron chi connectivity index (χ0n) is 21.3. The van der Waals surface area contributed by atoms with Crippen LogP contribution in [-0.2, 0) is 16.1 Å². The van der Waals surface area contributed by atoms with Crippen LogP contribution in [0.3, 0.4) is 0 Å². The van der Waals surface area contributed by atoms with E-state index in [4.69, 9.17) is 18.9 Å². The van der Waals surface area contributed by atoms with Crippen LogP contribution in [0.15, 0.2) is 59.5 Å². The molecule has 2 heterocycles. The van der Waals surface area contributed by atoms with Gasteiger partial charge in [0.2, 0.25) is 5.75 Å².